The van der Waals surface area contributed by atoms with E-state index in [1.54, 1.807) is 24.3 Å². The number of sulfonamides is 1. The van der Waals surface area contributed by atoms with E-state index in [9.17, 15) is 31.2 Å². The van der Waals surface area contributed by atoms with Gasteiger partial charge in [0.1, 0.15) is 12.6 Å². The van der Waals surface area contributed by atoms with Gasteiger partial charge < -0.3 is 10.2 Å². The van der Waals surface area contributed by atoms with E-state index in [0.717, 1.165) is 50.5 Å². The van der Waals surface area contributed by atoms with Crippen molar-refractivity contribution in [2.45, 2.75) is 63.8 Å². The number of carbonyl (C=O) groups is 2. The number of amides is 2. The molecule has 0 heterocycles. The van der Waals surface area contributed by atoms with Crippen LogP contribution in [0.5, 0.6) is 0 Å². The van der Waals surface area contributed by atoms with Crippen molar-refractivity contribution in [3.63, 3.8) is 0 Å². The van der Waals surface area contributed by atoms with Gasteiger partial charge in [0.15, 0.2) is 0 Å². The Labute approximate surface area is 226 Å². The van der Waals surface area contributed by atoms with Crippen molar-refractivity contribution in [2.24, 2.45) is 0 Å². The molecule has 0 unspecified atom stereocenters. The van der Waals surface area contributed by atoms with Gasteiger partial charge in [0, 0.05) is 17.6 Å². The molecule has 0 spiro atoms. The van der Waals surface area contributed by atoms with Gasteiger partial charge in [-0.15, -0.1) is 0 Å². The number of benzene rings is 2. The lowest BCUT2D eigenvalue weighted by molar-refractivity contribution is -0.139. The van der Waals surface area contributed by atoms with E-state index in [1.807, 2.05) is 0 Å². The monoisotopic (exact) mass is 573 g/mol. The van der Waals surface area contributed by atoms with Crippen LogP contribution in [0.2, 0.25) is 5.02 Å². The van der Waals surface area contributed by atoms with Gasteiger partial charge in [-0.05, 0) is 55.7 Å². The van der Waals surface area contributed by atoms with Gasteiger partial charge in [-0.3, -0.25) is 13.9 Å². The molecule has 12 heteroatoms. The Kier molecular flexibility index (Phi) is 9.69. The first-order valence-corrected chi connectivity index (χ1v) is 14.5. The lowest BCUT2D eigenvalue weighted by Gasteiger charge is -2.33. The van der Waals surface area contributed by atoms with Gasteiger partial charge in [0.05, 0.1) is 17.5 Å². The largest absolute Gasteiger partial charge is 0.416 e. The first-order chi connectivity index (χ1) is 17.8. The highest BCUT2D eigenvalue weighted by Crippen LogP contribution is 2.32. The molecule has 2 aromatic carbocycles. The van der Waals surface area contributed by atoms with Crippen molar-refractivity contribution in [2.75, 3.05) is 17.1 Å². The van der Waals surface area contributed by atoms with E-state index < -0.39 is 46.2 Å². The predicted molar refractivity (Wildman–Crippen MR) is 140 cm³/mol. The van der Waals surface area contributed by atoms with Gasteiger partial charge >= 0.3 is 6.18 Å². The smallest absolute Gasteiger partial charge is 0.352 e. The number of hydrogen-bond acceptors (Lipinski definition) is 4. The first kappa shape index (κ1) is 29.8. The highest BCUT2D eigenvalue weighted by molar-refractivity contribution is 7.92. The van der Waals surface area contributed by atoms with Crippen molar-refractivity contribution in [3.8, 4) is 0 Å². The second-order valence-electron chi connectivity index (χ2n) is 9.49. The molecule has 1 saturated carbocycles. The Morgan fingerprint density at radius 2 is 1.74 bits per heavy atom. The van der Waals surface area contributed by atoms with Gasteiger partial charge in [0.25, 0.3) is 0 Å². The van der Waals surface area contributed by atoms with Crippen LogP contribution in [0.15, 0.2) is 48.5 Å². The van der Waals surface area contributed by atoms with E-state index in [1.165, 1.54) is 17.9 Å². The number of nitrogens with one attached hydrogen (secondary N) is 1. The number of nitrogens with zero attached hydrogens (tertiary/aromatic N) is 2. The summed E-state index contributed by atoms with van der Waals surface area (Å²) in [5, 5.41) is 3.39. The summed E-state index contributed by atoms with van der Waals surface area (Å²) in [5.41, 5.74) is -0.752. The summed E-state index contributed by atoms with van der Waals surface area (Å²) < 4.78 is 65.7. The second kappa shape index (κ2) is 12.4. The van der Waals surface area contributed by atoms with E-state index in [-0.39, 0.29) is 18.3 Å². The fourth-order valence-corrected chi connectivity index (χ4v) is 5.49. The molecule has 0 aromatic heterocycles. The molecule has 1 fully saturated rings. The molecule has 3 rings (SSSR count). The van der Waals surface area contributed by atoms with Crippen LogP contribution >= 0.6 is 11.6 Å². The van der Waals surface area contributed by atoms with Crippen molar-refractivity contribution in [1.82, 2.24) is 10.2 Å². The Bertz CT molecular complexity index is 1250. The first-order valence-electron chi connectivity index (χ1n) is 12.2. The summed E-state index contributed by atoms with van der Waals surface area (Å²) in [6, 6.07) is 9.41. The maximum absolute atomic E-state index is 13.6. The van der Waals surface area contributed by atoms with Gasteiger partial charge in [0.2, 0.25) is 21.8 Å². The van der Waals surface area contributed by atoms with Crippen LogP contribution in [0.25, 0.3) is 0 Å². The van der Waals surface area contributed by atoms with Crippen molar-refractivity contribution in [1.29, 1.82) is 0 Å². The Morgan fingerprint density at radius 1 is 1.08 bits per heavy atom. The van der Waals surface area contributed by atoms with Crippen LogP contribution < -0.4 is 9.62 Å². The van der Waals surface area contributed by atoms with Crippen LogP contribution in [0.1, 0.15) is 50.2 Å². The average Bonchev–Trinajstić information content (AvgIpc) is 2.85. The lowest BCUT2D eigenvalue weighted by atomic mass is 9.95. The third-order valence-corrected chi connectivity index (χ3v) is 7.88. The topological polar surface area (TPSA) is 86.8 Å². The summed E-state index contributed by atoms with van der Waals surface area (Å²) in [5.74, 6) is -1.14. The number of hydrogen-bond donors (Lipinski definition) is 1. The zero-order chi connectivity index (χ0) is 28.1. The number of carbonyl (C=O) groups excluding carboxylic acids is 2. The highest BCUT2D eigenvalue weighted by atomic mass is 35.5. The normalized spacial score (nSPS) is 15.5. The molecule has 7 nitrogen and oxygen atoms in total. The Balaban J connectivity index is 1.91. The molecule has 2 aromatic rings. The van der Waals surface area contributed by atoms with E-state index in [2.05, 4.69) is 5.32 Å². The molecule has 0 aliphatic heterocycles. The van der Waals surface area contributed by atoms with Crippen LogP contribution in [-0.2, 0) is 32.3 Å². The van der Waals surface area contributed by atoms with Crippen molar-refractivity contribution >= 4 is 39.1 Å². The molecule has 0 bridgehead atoms. The molecule has 0 radical (unpaired) electrons. The van der Waals surface area contributed by atoms with E-state index in [0.29, 0.717) is 21.0 Å². The highest BCUT2D eigenvalue weighted by Gasteiger charge is 2.34. The summed E-state index contributed by atoms with van der Waals surface area (Å²) in [4.78, 5) is 27.9. The zero-order valence-electron chi connectivity index (χ0n) is 21.2. The minimum Gasteiger partial charge on any atom is -0.352 e. The molecule has 1 N–H and O–H groups in total. The molecule has 1 atom stereocenters. The molecule has 2 amide bonds. The lowest BCUT2D eigenvalue weighted by Crippen LogP contribution is -2.53. The number of halogens is 4. The third kappa shape index (κ3) is 8.10. The van der Waals surface area contributed by atoms with E-state index >= 15 is 0 Å². The van der Waals surface area contributed by atoms with Crippen LogP contribution in [0.4, 0.5) is 18.9 Å². The van der Waals surface area contributed by atoms with Gasteiger partial charge in [-0.2, -0.15) is 13.2 Å². The SMILES string of the molecule is C[C@@H](C(=O)NC1CCCCC1)N(Cc1cccc(Cl)c1)C(=O)CN(c1cccc(C(F)(F)F)c1)S(C)(=O)=O. The maximum Gasteiger partial charge on any atom is 0.416 e. The standard InChI is InChI=1S/C26H31ClF3N3O4S/c1-18(25(35)31-22-11-4-3-5-12-22)32(16-19-8-6-10-21(27)14-19)24(34)17-33(38(2,36)37)23-13-7-9-20(15-23)26(28,29)30/h6-10,13-15,18,22H,3-5,11-12,16-17H2,1-2H3,(H,31,35)/t18-/m0/s1. The zero-order valence-corrected chi connectivity index (χ0v) is 22.7. The minimum absolute atomic E-state index is 0.0144. The van der Waals surface area contributed by atoms with Crippen molar-refractivity contribution in [3.05, 3.63) is 64.7 Å². The molecular formula is C26H31ClF3N3O4S. The second-order valence-corrected chi connectivity index (χ2v) is 11.8. The summed E-state index contributed by atoms with van der Waals surface area (Å²) >= 11 is 6.09. The fourth-order valence-electron chi connectivity index (χ4n) is 4.43. The van der Waals surface area contributed by atoms with Crippen LogP contribution in [-0.4, -0.2) is 50.0 Å². The molecule has 0 saturated heterocycles. The maximum atomic E-state index is 13.6. The summed E-state index contributed by atoms with van der Waals surface area (Å²) in [7, 11) is -4.16. The molecular weight excluding hydrogens is 543 g/mol. The minimum atomic E-state index is -4.70. The number of anilines is 1. The quantitative estimate of drug-likeness (QED) is 0.458. The molecule has 1 aliphatic rings. The predicted octanol–water partition coefficient (Wildman–Crippen LogP) is 4.99. The fraction of sp³-hybridized carbons (Fsp3) is 0.462. The third-order valence-electron chi connectivity index (χ3n) is 6.50. The van der Waals surface area contributed by atoms with Crippen LogP contribution in [0.3, 0.4) is 0 Å². The average molecular weight is 574 g/mol. The van der Waals surface area contributed by atoms with Gasteiger partial charge in [-0.25, -0.2) is 8.42 Å². The van der Waals surface area contributed by atoms with E-state index in [4.69, 9.17) is 11.6 Å². The summed E-state index contributed by atoms with van der Waals surface area (Å²) in [6.07, 6.45) is 0.846. The van der Waals surface area contributed by atoms with Gasteiger partial charge in [-0.1, -0.05) is 49.1 Å². The summed E-state index contributed by atoms with van der Waals surface area (Å²) in [6.45, 7) is 0.691. The number of alkyl halides is 3. The van der Waals surface area contributed by atoms with Crippen molar-refractivity contribution < 1.29 is 31.2 Å². The number of rotatable bonds is 9. The molecule has 1 aliphatic carbocycles. The Hall–Kier alpha value is -2.79. The molecule has 38 heavy (non-hydrogen) atoms. The van der Waals surface area contributed by atoms with Crippen LogP contribution in [0, 0.1) is 0 Å². The molecule has 208 valence electrons. The Morgan fingerprint density at radius 3 is 2.34 bits per heavy atom.